The van der Waals surface area contributed by atoms with Gasteiger partial charge in [-0.05, 0) is 61.5 Å². The number of aryl methyl sites for hydroxylation is 1. The van der Waals surface area contributed by atoms with Crippen LogP contribution in [0, 0.1) is 12.7 Å². The Labute approximate surface area is 161 Å². The summed E-state index contributed by atoms with van der Waals surface area (Å²) in [6, 6.07) is 14.3. The smallest absolute Gasteiger partial charge is 0.261 e. The molecule has 2 N–H and O–H groups in total. The van der Waals surface area contributed by atoms with E-state index in [1.807, 2.05) is 0 Å². The fraction of sp³-hybridized carbons (Fsp3) is 0.0500. The Bertz CT molecular complexity index is 1120. The number of carbonyl (C=O) groups is 1. The van der Waals surface area contributed by atoms with E-state index in [0.717, 1.165) is 30.0 Å². The fourth-order valence-electron chi connectivity index (χ4n) is 2.37. The van der Waals surface area contributed by atoms with E-state index in [4.69, 9.17) is 4.42 Å². The van der Waals surface area contributed by atoms with Crippen LogP contribution in [0.25, 0.3) is 6.08 Å². The zero-order chi connectivity index (χ0) is 20.1. The van der Waals surface area contributed by atoms with Crippen LogP contribution in [0.4, 0.5) is 15.8 Å². The lowest BCUT2D eigenvalue weighted by molar-refractivity contribution is -0.111. The van der Waals surface area contributed by atoms with Gasteiger partial charge in [0.05, 0.1) is 16.3 Å². The maximum Gasteiger partial charge on any atom is 0.261 e. The summed E-state index contributed by atoms with van der Waals surface area (Å²) in [5, 5.41) is 2.62. The van der Waals surface area contributed by atoms with Crippen molar-refractivity contribution < 1.29 is 22.0 Å². The Kier molecular flexibility index (Phi) is 5.60. The van der Waals surface area contributed by atoms with Crippen molar-refractivity contribution in [3.05, 3.63) is 84.1 Å². The normalized spacial score (nSPS) is 11.5. The first-order valence-electron chi connectivity index (χ1n) is 8.26. The molecule has 0 aliphatic carbocycles. The number of anilines is 2. The number of nitrogens with one attached hydrogen (secondary N) is 2. The fourth-order valence-corrected chi connectivity index (χ4v) is 3.45. The minimum atomic E-state index is -3.94. The van der Waals surface area contributed by atoms with Gasteiger partial charge in [0, 0.05) is 6.08 Å². The summed E-state index contributed by atoms with van der Waals surface area (Å²) in [6.45, 7) is 1.79. The maximum absolute atomic E-state index is 13.0. The van der Waals surface area contributed by atoms with Gasteiger partial charge in [0.1, 0.15) is 17.3 Å². The molecule has 6 nitrogen and oxygen atoms in total. The quantitative estimate of drug-likeness (QED) is 0.608. The molecule has 1 amide bonds. The summed E-state index contributed by atoms with van der Waals surface area (Å²) in [4.78, 5) is 12.1. The van der Waals surface area contributed by atoms with E-state index in [0.29, 0.717) is 5.76 Å². The molecule has 28 heavy (non-hydrogen) atoms. The number of furan rings is 1. The minimum Gasteiger partial charge on any atom is -0.462 e. The van der Waals surface area contributed by atoms with Gasteiger partial charge in [-0.2, -0.15) is 0 Å². The first kappa shape index (κ1) is 19.4. The second-order valence-corrected chi connectivity index (χ2v) is 7.56. The molecular weight excluding hydrogens is 383 g/mol. The number of amides is 1. The Balaban J connectivity index is 1.76. The number of rotatable bonds is 6. The lowest BCUT2D eigenvalue weighted by Crippen LogP contribution is -2.16. The predicted molar refractivity (Wildman–Crippen MR) is 105 cm³/mol. The molecule has 3 aromatic rings. The Morgan fingerprint density at radius 1 is 1.00 bits per heavy atom. The van der Waals surface area contributed by atoms with Crippen molar-refractivity contribution in [1.29, 1.82) is 0 Å². The molecule has 144 valence electrons. The Hall–Kier alpha value is -3.39. The molecule has 0 atom stereocenters. The summed E-state index contributed by atoms with van der Waals surface area (Å²) in [5.41, 5.74) is 0.459. The summed E-state index contributed by atoms with van der Waals surface area (Å²) in [5.74, 6) is 0.256. The first-order chi connectivity index (χ1) is 13.3. The van der Waals surface area contributed by atoms with Crippen molar-refractivity contribution >= 4 is 33.4 Å². The van der Waals surface area contributed by atoms with Gasteiger partial charge < -0.3 is 9.73 Å². The molecular formula is C20H17FN2O4S. The van der Waals surface area contributed by atoms with E-state index in [1.54, 1.807) is 37.3 Å². The van der Waals surface area contributed by atoms with Crippen molar-refractivity contribution in [2.45, 2.75) is 11.8 Å². The largest absolute Gasteiger partial charge is 0.462 e. The van der Waals surface area contributed by atoms with E-state index >= 15 is 0 Å². The molecule has 0 radical (unpaired) electrons. The van der Waals surface area contributed by atoms with Gasteiger partial charge in [0.2, 0.25) is 5.91 Å². The average Bonchev–Trinajstić information content (AvgIpc) is 3.07. The monoisotopic (exact) mass is 400 g/mol. The van der Waals surface area contributed by atoms with Crippen molar-refractivity contribution in [1.82, 2.24) is 0 Å². The molecule has 0 saturated carbocycles. The van der Waals surface area contributed by atoms with Crippen molar-refractivity contribution in [3.8, 4) is 0 Å². The molecule has 0 fully saturated rings. The number of carbonyl (C=O) groups excluding carboxylic acids is 1. The highest BCUT2D eigenvalue weighted by Gasteiger charge is 2.16. The summed E-state index contributed by atoms with van der Waals surface area (Å²) in [6.07, 6.45) is 2.79. The third-order valence-corrected chi connectivity index (χ3v) is 5.09. The summed E-state index contributed by atoms with van der Waals surface area (Å²) >= 11 is 0. The molecule has 1 heterocycles. The summed E-state index contributed by atoms with van der Waals surface area (Å²) < 4.78 is 45.8. The third-order valence-electron chi connectivity index (χ3n) is 3.71. The maximum atomic E-state index is 13.0. The molecule has 0 aliphatic heterocycles. The topological polar surface area (TPSA) is 88.4 Å². The van der Waals surface area contributed by atoms with Crippen LogP contribution >= 0.6 is 0 Å². The Morgan fingerprint density at radius 3 is 2.32 bits per heavy atom. The number of hydrogen-bond acceptors (Lipinski definition) is 4. The van der Waals surface area contributed by atoms with Crippen LogP contribution in [0.1, 0.15) is 11.5 Å². The molecule has 3 rings (SSSR count). The Morgan fingerprint density at radius 2 is 1.68 bits per heavy atom. The first-order valence-corrected chi connectivity index (χ1v) is 9.75. The predicted octanol–water partition coefficient (Wildman–Crippen LogP) is 4.18. The van der Waals surface area contributed by atoms with Crippen LogP contribution in [-0.2, 0) is 14.8 Å². The van der Waals surface area contributed by atoms with Crippen molar-refractivity contribution in [3.63, 3.8) is 0 Å². The number of hydrogen-bond donors (Lipinski definition) is 2. The molecule has 0 saturated heterocycles. The molecule has 1 aromatic heterocycles. The number of halogens is 1. The van der Waals surface area contributed by atoms with Gasteiger partial charge in [0.15, 0.2) is 0 Å². The van der Waals surface area contributed by atoms with Gasteiger partial charge in [-0.15, -0.1) is 0 Å². The van der Waals surface area contributed by atoms with Crippen LogP contribution in [0.15, 0.2) is 76.1 Å². The van der Waals surface area contributed by atoms with Crippen LogP contribution in [0.3, 0.4) is 0 Å². The zero-order valence-electron chi connectivity index (χ0n) is 14.8. The molecule has 2 aromatic carbocycles. The van der Waals surface area contributed by atoms with Crippen molar-refractivity contribution in [2.24, 2.45) is 0 Å². The lowest BCUT2D eigenvalue weighted by atomic mass is 10.2. The van der Waals surface area contributed by atoms with E-state index in [2.05, 4.69) is 10.0 Å². The number of benzene rings is 2. The van der Waals surface area contributed by atoms with E-state index in [-0.39, 0.29) is 16.3 Å². The van der Waals surface area contributed by atoms with Crippen molar-refractivity contribution in [2.75, 3.05) is 10.0 Å². The van der Waals surface area contributed by atoms with Gasteiger partial charge in [-0.1, -0.05) is 12.1 Å². The molecule has 0 unspecified atom stereocenters. The second-order valence-electron chi connectivity index (χ2n) is 5.88. The van der Waals surface area contributed by atoms with E-state index in [1.165, 1.54) is 18.2 Å². The van der Waals surface area contributed by atoms with Gasteiger partial charge in [0.25, 0.3) is 10.0 Å². The van der Waals surface area contributed by atoms with E-state index in [9.17, 15) is 17.6 Å². The average molecular weight is 400 g/mol. The second kappa shape index (κ2) is 8.10. The molecule has 8 heteroatoms. The van der Waals surface area contributed by atoms with Gasteiger partial charge in [-0.3, -0.25) is 9.52 Å². The highest BCUT2D eigenvalue weighted by molar-refractivity contribution is 7.92. The van der Waals surface area contributed by atoms with E-state index < -0.39 is 21.7 Å². The molecule has 0 aliphatic rings. The highest BCUT2D eigenvalue weighted by atomic mass is 32.2. The number of para-hydroxylation sites is 2. The lowest BCUT2D eigenvalue weighted by Gasteiger charge is -2.12. The van der Waals surface area contributed by atoms with Crippen LogP contribution in [0.2, 0.25) is 0 Å². The third kappa shape index (κ3) is 4.86. The highest BCUT2D eigenvalue weighted by Crippen LogP contribution is 2.24. The van der Waals surface area contributed by atoms with Crippen LogP contribution in [-0.4, -0.2) is 14.3 Å². The number of sulfonamides is 1. The van der Waals surface area contributed by atoms with Gasteiger partial charge >= 0.3 is 0 Å². The zero-order valence-corrected chi connectivity index (χ0v) is 15.7. The molecule has 0 spiro atoms. The van der Waals surface area contributed by atoms with Crippen LogP contribution < -0.4 is 10.0 Å². The van der Waals surface area contributed by atoms with Gasteiger partial charge in [-0.25, -0.2) is 12.8 Å². The molecule has 0 bridgehead atoms. The van der Waals surface area contributed by atoms with Crippen LogP contribution in [0.5, 0.6) is 0 Å². The SMILES string of the molecule is Cc1ccc(C=CC(=O)Nc2ccccc2NS(=O)(=O)c2ccc(F)cc2)o1. The summed E-state index contributed by atoms with van der Waals surface area (Å²) in [7, 11) is -3.94. The minimum absolute atomic E-state index is 0.0943. The standard InChI is InChI=1S/C20H17FN2O4S/c1-14-6-9-16(27-14)10-13-20(24)22-18-4-2-3-5-19(18)23-28(25,26)17-11-7-15(21)8-12-17/h2-13,23H,1H3,(H,22,24).